The lowest BCUT2D eigenvalue weighted by molar-refractivity contribution is 0.402. The highest BCUT2D eigenvalue weighted by Gasteiger charge is 2.23. The van der Waals surface area contributed by atoms with E-state index in [0.717, 1.165) is 43.9 Å². The molecule has 3 aromatic rings. The monoisotopic (exact) mass is 387 g/mol. The molecule has 1 saturated heterocycles. The summed E-state index contributed by atoms with van der Waals surface area (Å²) in [6.45, 7) is 6.13. The lowest BCUT2D eigenvalue weighted by Crippen LogP contribution is -2.35. The van der Waals surface area contributed by atoms with Gasteiger partial charge in [0.15, 0.2) is 11.6 Å². The van der Waals surface area contributed by atoms with Crippen molar-refractivity contribution < 1.29 is 0 Å². The highest BCUT2D eigenvalue weighted by atomic mass is 15.2. The quantitative estimate of drug-likeness (QED) is 0.653. The number of nitrogens with two attached hydrogens (primary N) is 1. The fourth-order valence-electron chi connectivity index (χ4n) is 4.22. The molecular weight excluding hydrogens is 358 g/mol. The first kappa shape index (κ1) is 19.2. The lowest BCUT2D eigenvalue weighted by atomic mass is 9.90. The summed E-state index contributed by atoms with van der Waals surface area (Å²) in [5.41, 5.74) is 11.9. The second-order valence-electron chi connectivity index (χ2n) is 8.08. The van der Waals surface area contributed by atoms with Crippen LogP contribution in [-0.4, -0.2) is 23.1 Å². The van der Waals surface area contributed by atoms with Crippen LogP contribution in [0.1, 0.15) is 29.5 Å². The minimum absolute atomic E-state index is 0.619. The number of aryl methyl sites for hydroxylation is 2. The zero-order valence-electron chi connectivity index (χ0n) is 17.2. The third-order valence-corrected chi connectivity index (χ3v) is 5.63. The molecule has 2 aromatic carbocycles. The molecule has 2 heterocycles. The summed E-state index contributed by atoms with van der Waals surface area (Å²) in [5, 5.41) is 3.37. The predicted molar refractivity (Wildman–Crippen MR) is 121 cm³/mol. The first-order chi connectivity index (χ1) is 14.1. The SMILES string of the molecule is Cc1cc(C)cc(Nc2ncnc(N3CCC(Cc4ccccc4)CC3)c2N)c1. The second kappa shape index (κ2) is 8.52. The van der Waals surface area contributed by atoms with E-state index in [-0.39, 0.29) is 0 Å². The first-order valence-electron chi connectivity index (χ1n) is 10.3. The normalized spacial score (nSPS) is 14.8. The Morgan fingerprint density at radius 3 is 2.38 bits per heavy atom. The molecule has 3 N–H and O–H groups in total. The van der Waals surface area contributed by atoms with Gasteiger partial charge in [0.25, 0.3) is 0 Å². The number of hydrogen-bond donors (Lipinski definition) is 2. The first-order valence-corrected chi connectivity index (χ1v) is 10.3. The lowest BCUT2D eigenvalue weighted by Gasteiger charge is -2.33. The minimum atomic E-state index is 0.619. The van der Waals surface area contributed by atoms with E-state index in [9.17, 15) is 0 Å². The molecule has 5 nitrogen and oxygen atoms in total. The number of benzene rings is 2. The molecule has 0 atom stereocenters. The molecule has 1 aromatic heterocycles. The van der Waals surface area contributed by atoms with E-state index in [4.69, 9.17) is 5.73 Å². The summed E-state index contributed by atoms with van der Waals surface area (Å²) >= 11 is 0. The van der Waals surface area contributed by atoms with E-state index < -0.39 is 0 Å². The maximum atomic E-state index is 6.47. The second-order valence-corrected chi connectivity index (χ2v) is 8.08. The maximum Gasteiger partial charge on any atom is 0.159 e. The third-order valence-electron chi connectivity index (χ3n) is 5.63. The molecule has 0 radical (unpaired) electrons. The molecule has 150 valence electrons. The molecular formula is C24H29N5. The standard InChI is InChI=1S/C24H29N5/c1-17-12-18(2)14-21(13-17)28-23-22(25)24(27-16-26-23)29-10-8-20(9-11-29)15-19-6-4-3-5-7-19/h3-7,12-14,16,20H,8-11,15,25H2,1-2H3,(H,26,27,28). The molecule has 0 aliphatic carbocycles. The predicted octanol–water partition coefficient (Wildman–Crippen LogP) is 4.88. The van der Waals surface area contributed by atoms with Gasteiger partial charge < -0.3 is 16.0 Å². The molecule has 5 heteroatoms. The van der Waals surface area contributed by atoms with Gasteiger partial charge in [0.1, 0.15) is 12.0 Å². The van der Waals surface area contributed by atoms with Crippen molar-refractivity contribution >= 4 is 23.0 Å². The molecule has 1 aliphatic rings. The molecule has 0 bridgehead atoms. The Morgan fingerprint density at radius 2 is 1.69 bits per heavy atom. The Morgan fingerprint density at radius 1 is 1.00 bits per heavy atom. The highest BCUT2D eigenvalue weighted by molar-refractivity contribution is 5.78. The number of aromatic nitrogens is 2. The Bertz CT molecular complexity index is 942. The fourth-order valence-corrected chi connectivity index (χ4v) is 4.22. The zero-order valence-corrected chi connectivity index (χ0v) is 17.2. The molecule has 0 saturated carbocycles. The van der Waals surface area contributed by atoms with Gasteiger partial charge in [0, 0.05) is 18.8 Å². The van der Waals surface area contributed by atoms with Crippen molar-refractivity contribution in [2.24, 2.45) is 5.92 Å². The van der Waals surface area contributed by atoms with E-state index in [2.05, 4.69) is 82.6 Å². The van der Waals surface area contributed by atoms with Gasteiger partial charge in [0.05, 0.1) is 0 Å². The van der Waals surface area contributed by atoms with Crippen LogP contribution in [0.15, 0.2) is 54.9 Å². The van der Waals surface area contributed by atoms with Crippen LogP contribution < -0.4 is 16.0 Å². The van der Waals surface area contributed by atoms with Gasteiger partial charge in [-0.3, -0.25) is 0 Å². The van der Waals surface area contributed by atoms with Crippen molar-refractivity contribution in [2.75, 3.05) is 29.0 Å². The number of nitrogen functional groups attached to an aromatic ring is 1. The Hall–Kier alpha value is -3.08. The van der Waals surface area contributed by atoms with Crippen molar-refractivity contribution in [2.45, 2.75) is 33.1 Å². The molecule has 1 aliphatic heterocycles. The van der Waals surface area contributed by atoms with Gasteiger partial charge in [-0.05, 0) is 67.9 Å². The summed E-state index contributed by atoms with van der Waals surface area (Å²) in [5.74, 6) is 2.22. The van der Waals surface area contributed by atoms with Gasteiger partial charge >= 0.3 is 0 Å². The van der Waals surface area contributed by atoms with Crippen LogP contribution in [0.5, 0.6) is 0 Å². The topological polar surface area (TPSA) is 67.1 Å². The average molecular weight is 388 g/mol. The van der Waals surface area contributed by atoms with E-state index in [1.165, 1.54) is 16.7 Å². The van der Waals surface area contributed by atoms with Crippen LogP contribution in [0.25, 0.3) is 0 Å². The maximum absolute atomic E-state index is 6.47. The summed E-state index contributed by atoms with van der Waals surface area (Å²) in [6, 6.07) is 17.1. The Labute approximate surface area is 173 Å². The molecule has 29 heavy (non-hydrogen) atoms. The highest BCUT2D eigenvalue weighted by Crippen LogP contribution is 2.32. The van der Waals surface area contributed by atoms with E-state index in [0.29, 0.717) is 17.4 Å². The van der Waals surface area contributed by atoms with Gasteiger partial charge in [-0.1, -0.05) is 36.4 Å². The number of hydrogen-bond acceptors (Lipinski definition) is 5. The van der Waals surface area contributed by atoms with Crippen molar-refractivity contribution in [1.29, 1.82) is 0 Å². The summed E-state index contributed by atoms with van der Waals surface area (Å²) in [6.07, 6.45) is 5.05. The van der Waals surface area contributed by atoms with Gasteiger partial charge in [-0.2, -0.15) is 0 Å². The van der Waals surface area contributed by atoms with Crippen LogP contribution in [0, 0.1) is 19.8 Å². The zero-order chi connectivity index (χ0) is 20.2. The number of rotatable bonds is 5. The van der Waals surface area contributed by atoms with E-state index in [1.54, 1.807) is 6.33 Å². The van der Waals surface area contributed by atoms with E-state index in [1.807, 2.05) is 0 Å². The Kier molecular flexibility index (Phi) is 5.65. The average Bonchev–Trinajstić information content (AvgIpc) is 2.70. The minimum Gasteiger partial charge on any atom is -0.393 e. The third kappa shape index (κ3) is 4.67. The van der Waals surface area contributed by atoms with Crippen LogP contribution in [0.3, 0.4) is 0 Å². The van der Waals surface area contributed by atoms with Crippen molar-refractivity contribution in [3.8, 4) is 0 Å². The summed E-state index contributed by atoms with van der Waals surface area (Å²) in [4.78, 5) is 11.2. The largest absolute Gasteiger partial charge is 0.393 e. The van der Waals surface area contributed by atoms with Crippen molar-refractivity contribution in [3.05, 3.63) is 71.5 Å². The summed E-state index contributed by atoms with van der Waals surface area (Å²) in [7, 11) is 0. The van der Waals surface area contributed by atoms with Gasteiger partial charge in [-0.25, -0.2) is 9.97 Å². The number of piperidine rings is 1. The Balaban J connectivity index is 1.44. The molecule has 0 unspecified atom stereocenters. The van der Waals surface area contributed by atoms with Crippen LogP contribution in [0.2, 0.25) is 0 Å². The smallest absolute Gasteiger partial charge is 0.159 e. The number of anilines is 4. The van der Waals surface area contributed by atoms with Crippen LogP contribution >= 0.6 is 0 Å². The number of nitrogens with zero attached hydrogens (tertiary/aromatic N) is 3. The van der Waals surface area contributed by atoms with Gasteiger partial charge in [-0.15, -0.1) is 0 Å². The van der Waals surface area contributed by atoms with Crippen molar-refractivity contribution in [3.63, 3.8) is 0 Å². The van der Waals surface area contributed by atoms with E-state index >= 15 is 0 Å². The van der Waals surface area contributed by atoms with Crippen LogP contribution in [-0.2, 0) is 6.42 Å². The van der Waals surface area contributed by atoms with Gasteiger partial charge in [0.2, 0.25) is 0 Å². The molecule has 4 rings (SSSR count). The summed E-state index contributed by atoms with van der Waals surface area (Å²) < 4.78 is 0. The van der Waals surface area contributed by atoms with Crippen LogP contribution in [0.4, 0.5) is 23.0 Å². The molecule has 0 spiro atoms. The molecule has 1 fully saturated rings. The van der Waals surface area contributed by atoms with Crippen molar-refractivity contribution in [1.82, 2.24) is 9.97 Å². The number of nitrogens with one attached hydrogen (secondary N) is 1. The fraction of sp³-hybridized carbons (Fsp3) is 0.333. The molecule has 0 amide bonds.